The number of carbonyl (C=O) groups is 1. The highest BCUT2D eigenvalue weighted by atomic mass is 19.1. The lowest BCUT2D eigenvalue weighted by Gasteiger charge is -2.29. The first-order chi connectivity index (χ1) is 15.9. The molecule has 2 aromatic carbocycles. The van der Waals surface area contributed by atoms with E-state index in [9.17, 15) is 14.3 Å². The third-order valence-corrected chi connectivity index (χ3v) is 6.07. The molecular formula is C26H28FNO5. The minimum absolute atomic E-state index is 0.0130. The number of hydrogen-bond acceptors (Lipinski definition) is 5. The average molecular weight is 454 g/mol. The number of benzene rings is 2. The average Bonchev–Trinajstić information content (AvgIpc) is 3.17. The van der Waals surface area contributed by atoms with Gasteiger partial charge in [-0.25, -0.2) is 14.2 Å². The molecule has 0 bridgehead atoms. The predicted molar refractivity (Wildman–Crippen MR) is 120 cm³/mol. The van der Waals surface area contributed by atoms with Crippen LogP contribution in [0.3, 0.4) is 0 Å². The molecule has 33 heavy (non-hydrogen) atoms. The Morgan fingerprint density at radius 1 is 1.09 bits per heavy atom. The Balaban J connectivity index is 1.32. The number of rotatable bonds is 8. The van der Waals surface area contributed by atoms with Crippen LogP contribution < -0.4 is 0 Å². The van der Waals surface area contributed by atoms with E-state index in [1.807, 2.05) is 13.0 Å². The van der Waals surface area contributed by atoms with Gasteiger partial charge in [0.15, 0.2) is 0 Å². The van der Waals surface area contributed by atoms with Gasteiger partial charge in [0, 0.05) is 5.56 Å². The zero-order chi connectivity index (χ0) is 23.4. The van der Waals surface area contributed by atoms with Gasteiger partial charge in [-0.05, 0) is 74.9 Å². The maximum Gasteiger partial charge on any atom is 0.336 e. The van der Waals surface area contributed by atoms with Gasteiger partial charge in [0.05, 0.1) is 31.0 Å². The van der Waals surface area contributed by atoms with Gasteiger partial charge in [-0.1, -0.05) is 18.2 Å². The quantitative estimate of drug-likeness (QED) is 0.461. The van der Waals surface area contributed by atoms with Crippen LogP contribution in [-0.2, 0) is 22.7 Å². The molecule has 3 aromatic rings. The fourth-order valence-corrected chi connectivity index (χ4v) is 4.24. The van der Waals surface area contributed by atoms with Gasteiger partial charge < -0.3 is 19.0 Å². The number of aromatic carboxylic acids is 1. The third-order valence-electron chi connectivity index (χ3n) is 6.07. The Labute approximate surface area is 192 Å². The second-order valence-corrected chi connectivity index (χ2v) is 8.48. The molecule has 0 unspecified atom stereocenters. The number of ether oxygens (including phenoxy) is 2. The van der Waals surface area contributed by atoms with E-state index in [4.69, 9.17) is 13.9 Å². The van der Waals surface area contributed by atoms with Crippen LogP contribution in [0.2, 0.25) is 0 Å². The molecule has 2 atom stereocenters. The molecule has 1 fully saturated rings. The summed E-state index contributed by atoms with van der Waals surface area (Å²) in [5.74, 6) is -0.109. The fraction of sp³-hybridized carbons (Fsp3) is 0.385. The van der Waals surface area contributed by atoms with Crippen molar-refractivity contribution in [2.45, 2.75) is 65.0 Å². The highest BCUT2D eigenvalue weighted by Crippen LogP contribution is 2.28. The monoisotopic (exact) mass is 453 g/mol. The first kappa shape index (κ1) is 23.1. The van der Waals surface area contributed by atoms with Crippen LogP contribution in [0.4, 0.5) is 4.39 Å². The van der Waals surface area contributed by atoms with E-state index in [1.54, 1.807) is 31.2 Å². The predicted octanol–water partition coefficient (Wildman–Crippen LogP) is 5.84. The number of carboxylic acids is 1. The number of aromatic nitrogens is 1. The van der Waals surface area contributed by atoms with Gasteiger partial charge >= 0.3 is 5.97 Å². The van der Waals surface area contributed by atoms with Crippen LogP contribution in [0.5, 0.6) is 0 Å². The SMILES string of the molecule is Cc1cccc(CO[C@@H]2CCC[C@H](OCc3nc(-c4ccc(F)cc4)oc3C)C2)c1C(=O)O. The van der Waals surface area contributed by atoms with E-state index in [-0.39, 0.29) is 24.6 Å². The summed E-state index contributed by atoms with van der Waals surface area (Å²) in [6.07, 6.45) is 3.63. The van der Waals surface area contributed by atoms with Crippen LogP contribution in [0.1, 0.15) is 58.6 Å². The van der Waals surface area contributed by atoms with Crippen LogP contribution in [0, 0.1) is 19.7 Å². The van der Waals surface area contributed by atoms with Crippen LogP contribution in [0.25, 0.3) is 11.5 Å². The van der Waals surface area contributed by atoms with Gasteiger partial charge in [-0.3, -0.25) is 0 Å². The lowest BCUT2D eigenvalue weighted by molar-refractivity contribution is -0.0564. The van der Waals surface area contributed by atoms with Crippen molar-refractivity contribution >= 4 is 5.97 Å². The normalized spacial score (nSPS) is 18.4. The minimum atomic E-state index is -0.931. The topological polar surface area (TPSA) is 81.8 Å². The molecule has 0 aliphatic heterocycles. The number of halogens is 1. The van der Waals surface area contributed by atoms with Gasteiger partial charge in [-0.15, -0.1) is 0 Å². The van der Waals surface area contributed by atoms with Crippen LogP contribution in [-0.4, -0.2) is 28.3 Å². The van der Waals surface area contributed by atoms with E-state index < -0.39 is 5.97 Å². The van der Waals surface area contributed by atoms with Crippen molar-refractivity contribution in [2.75, 3.05) is 0 Å². The number of oxazole rings is 1. The molecule has 0 spiro atoms. The van der Waals surface area contributed by atoms with Crippen LogP contribution in [0.15, 0.2) is 46.9 Å². The van der Waals surface area contributed by atoms with E-state index >= 15 is 0 Å². The Bertz CT molecular complexity index is 1110. The molecule has 1 heterocycles. The zero-order valence-electron chi connectivity index (χ0n) is 18.8. The smallest absolute Gasteiger partial charge is 0.336 e. The van der Waals surface area contributed by atoms with Crippen molar-refractivity contribution in [3.63, 3.8) is 0 Å². The van der Waals surface area contributed by atoms with Gasteiger partial charge in [0.1, 0.15) is 17.3 Å². The molecule has 1 aliphatic carbocycles. The third kappa shape index (κ3) is 5.67. The van der Waals surface area contributed by atoms with Crippen molar-refractivity contribution in [2.24, 2.45) is 0 Å². The summed E-state index contributed by atoms with van der Waals surface area (Å²) >= 11 is 0. The van der Waals surface area contributed by atoms with E-state index in [0.717, 1.165) is 36.9 Å². The maximum absolute atomic E-state index is 13.2. The molecule has 0 amide bonds. The summed E-state index contributed by atoms with van der Waals surface area (Å²) in [5, 5.41) is 9.51. The van der Waals surface area contributed by atoms with Crippen LogP contribution >= 0.6 is 0 Å². The van der Waals surface area contributed by atoms with E-state index in [2.05, 4.69) is 4.98 Å². The Kier molecular flexibility index (Phi) is 7.20. The largest absolute Gasteiger partial charge is 0.478 e. The summed E-state index contributed by atoms with van der Waals surface area (Å²) < 4.78 is 31.1. The lowest BCUT2D eigenvalue weighted by Crippen LogP contribution is -2.28. The Morgan fingerprint density at radius 3 is 2.48 bits per heavy atom. The van der Waals surface area contributed by atoms with E-state index in [1.165, 1.54) is 12.1 Å². The molecule has 4 rings (SSSR count). The Hall–Kier alpha value is -3.03. The zero-order valence-corrected chi connectivity index (χ0v) is 18.8. The molecule has 7 heteroatoms. The first-order valence-electron chi connectivity index (χ1n) is 11.2. The number of hydrogen-bond donors (Lipinski definition) is 1. The molecule has 0 saturated heterocycles. The first-order valence-corrected chi connectivity index (χ1v) is 11.2. The maximum atomic E-state index is 13.2. The molecule has 1 saturated carbocycles. The summed E-state index contributed by atoms with van der Waals surface area (Å²) in [7, 11) is 0. The van der Waals surface area contributed by atoms with E-state index in [0.29, 0.717) is 34.9 Å². The highest BCUT2D eigenvalue weighted by Gasteiger charge is 2.25. The second kappa shape index (κ2) is 10.3. The molecule has 1 aliphatic rings. The van der Waals surface area contributed by atoms with Crippen molar-refractivity contribution in [3.05, 3.63) is 76.4 Å². The van der Waals surface area contributed by atoms with Gasteiger partial charge in [-0.2, -0.15) is 0 Å². The van der Waals surface area contributed by atoms with Crippen molar-refractivity contribution in [3.8, 4) is 11.5 Å². The molecule has 1 aromatic heterocycles. The summed E-state index contributed by atoms with van der Waals surface area (Å²) in [4.78, 5) is 16.1. The molecule has 1 N–H and O–H groups in total. The molecule has 0 radical (unpaired) electrons. The lowest BCUT2D eigenvalue weighted by atomic mass is 9.94. The van der Waals surface area contributed by atoms with Gasteiger partial charge in [0.25, 0.3) is 0 Å². The highest BCUT2D eigenvalue weighted by molar-refractivity contribution is 5.91. The summed E-state index contributed by atoms with van der Waals surface area (Å²) in [6.45, 7) is 4.23. The van der Waals surface area contributed by atoms with Crippen molar-refractivity contribution < 1.29 is 28.2 Å². The molecule has 6 nitrogen and oxygen atoms in total. The standard InChI is InChI=1S/C26H28FNO5/c1-16-5-3-6-19(24(16)26(29)30)14-31-21-7-4-8-22(13-21)32-15-23-17(2)33-25(28-23)18-9-11-20(27)12-10-18/h3,5-6,9-12,21-22H,4,7-8,13-15H2,1-2H3,(H,29,30)/t21-,22+/m1/s1. The van der Waals surface area contributed by atoms with Gasteiger partial charge in [0.2, 0.25) is 5.89 Å². The molecule has 174 valence electrons. The fourth-order valence-electron chi connectivity index (χ4n) is 4.24. The number of aryl methyl sites for hydroxylation is 2. The summed E-state index contributed by atoms with van der Waals surface area (Å²) in [5.41, 5.74) is 3.19. The second-order valence-electron chi connectivity index (χ2n) is 8.48. The molecular weight excluding hydrogens is 425 g/mol. The number of carboxylic acid groups (broad SMARTS) is 1. The minimum Gasteiger partial charge on any atom is -0.478 e. The number of nitrogens with zero attached hydrogens (tertiary/aromatic N) is 1. The summed E-state index contributed by atoms with van der Waals surface area (Å²) in [6, 6.07) is 11.5. The Morgan fingerprint density at radius 2 is 1.79 bits per heavy atom. The van der Waals surface area contributed by atoms with Crippen molar-refractivity contribution in [1.82, 2.24) is 4.98 Å². The van der Waals surface area contributed by atoms with Crippen molar-refractivity contribution in [1.29, 1.82) is 0 Å².